The molecule has 1 saturated heterocycles. The Balaban J connectivity index is 1.51. The van der Waals surface area contributed by atoms with E-state index in [4.69, 9.17) is 4.74 Å². The van der Waals surface area contributed by atoms with Crippen molar-refractivity contribution in [3.8, 4) is 0 Å². The van der Waals surface area contributed by atoms with Crippen LogP contribution in [0.25, 0.3) is 0 Å². The first-order chi connectivity index (χ1) is 10.6. The molecule has 0 N–H and O–H groups in total. The number of hydrogen-bond donors (Lipinski definition) is 0. The number of hydrogen-bond acceptors (Lipinski definition) is 2. The molecule has 2 aliphatic rings. The summed E-state index contributed by atoms with van der Waals surface area (Å²) in [6.07, 6.45) is -0.355. The maximum atomic E-state index is 12.9. The molecule has 0 atom stereocenters. The van der Waals surface area contributed by atoms with Crippen LogP contribution in [0.3, 0.4) is 0 Å². The average molecular weight is 323 g/mol. The Morgan fingerprint density at radius 1 is 1.09 bits per heavy atom. The first kappa shape index (κ1) is 16.2. The molecule has 0 radical (unpaired) electrons. The summed E-state index contributed by atoms with van der Waals surface area (Å²) in [6.45, 7) is 6.85. The van der Waals surface area contributed by atoms with Crippen molar-refractivity contribution in [3.05, 3.63) is 35.4 Å². The van der Waals surface area contributed by atoms with Crippen LogP contribution < -0.4 is 0 Å². The smallest absolute Gasteiger partial charge is 0.410 e. The van der Waals surface area contributed by atoms with Crippen molar-refractivity contribution in [2.75, 3.05) is 13.1 Å². The van der Waals surface area contributed by atoms with Crippen LogP contribution in [-0.4, -0.2) is 35.6 Å². The van der Waals surface area contributed by atoms with Crippen molar-refractivity contribution in [3.63, 3.8) is 0 Å². The number of carbonyl (C=O) groups is 1. The molecular formula is C18H23F2NO2. The van der Waals surface area contributed by atoms with Crippen LogP contribution in [0.2, 0.25) is 0 Å². The van der Waals surface area contributed by atoms with Gasteiger partial charge in [0.2, 0.25) is 5.92 Å². The van der Waals surface area contributed by atoms with E-state index in [-0.39, 0.29) is 24.9 Å². The molecule has 3 nitrogen and oxygen atoms in total. The minimum Gasteiger partial charge on any atom is -0.444 e. The Morgan fingerprint density at radius 2 is 1.57 bits per heavy atom. The second-order valence-corrected chi connectivity index (χ2v) is 7.71. The summed E-state index contributed by atoms with van der Waals surface area (Å²) in [5, 5.41) is 0. The van der Waals surface area contributed by atoms with Gasteiger partial charge in [-0.2, -0.15) is 0 Å². The lowest BCUT2D eigenvalue weighted by Gasteiger charge is -2.40. The third-order valence-electron chi connectivity index (χ3n) is 4.50. The molecular weight excluding hydrogens is 300 g/mol. The highest BCUT2D eigenvalue weighted by Crippen LogP contribution is 2.48. The fourth-order valence-corrected chi connectivity index (χ4v) is 3.10. The SMILES string of the molecule is CC(C)(C)OC(=O)N1CC(c2ccc(C3CC(F)(F)C3)cc2)C1. The molecule has 1 aromatic rings. The maximum Gasteiger partial charge on any atom is 0.410 e. The van der Waals surface area contributed by atoms with E-state index in [0.717, 1.165) is 11.1 Å². The number of alkyl halides is 2. The van der Waals surface area contributed by atoms with Gasteiger partial charge < -0.3 is 9.64 Å². The summed E-state index contributed by atoms with van der Waals surface area (Å²) in [6, 6.07) is 7.91. The topological polar surface area (TPSA) is 29.5 Å². The molecule has 0 bridgehead atoms. The number of carbonyl (C=O) groups excluding carboxylic acids is 1. The van der Waals surface area contributed by atoms with Gasteiger partial charge in [-0.3, -0.25) is 0 Å². The second-order valence-electron chi connectivity index (χ2n) is 7.71. The normalized spacial score (nSPS) is 21.5. The van der Waals surface area contributed by atoms with E-state index in [0.29, 0.717) is 19.0 Å². The van der Waals surface area contributed by atoms with Crippen molar-refractivity contribution in [1.82, 2.24) is 4.90 Å². The van der Waals surface area contributed by atoms with Crippen LogP contribution in [-0.2, 0) is 4.74 Å². The predicted octanol–water partition coefficient (Wildman–Crippen LogP) is 4.53. The zero-order chi connectivity index (χ0) is 16.8. The lowest BCUT2D eigenvalue weighted by atomic mass is 9.76. The maximum absolute atomic E-state index is 12.9. The molecule has 0 aromatic heterocycles. The molecule has 0 unspecified atom stereocenters. The summed E-state index contributed by atoms with van der Waals surface area (Å²) in [7, 11) is 0. The molecule has 3 rings (SSSR count). The van der Waals surface area contributed by atoms with E-state index in [1.807, 2.05) is 45.0 Å². The monoisotopic (exact) mass is 323 g/mol. The molecule has 0 spiro atoms. The lowest BCUT2D eigenvalue weighted by molar-refractivity contribution is -0.0867. The standard InChI is InChI=1S/C18H23F2NO2/c1-17(2,3)23-16(22)21-10-15(11-21)13-6-4-12(5-7-13)14-8-18(19,20)9-14/h4-7,14-15H,8-11H2,1-3H3. The van der Waals surface area contributed by atoms with Gasteiger partial charge in [-0.1, -0.05) is 24.3 Å². The van der Waals surface area contributed by atoms with E-state index in [1.165, 1.54) is 0 Å². The zero-order valence-electron chi connectivity index (χ0n) is 13.8. The number of likely N-dealkylation sites (tertiary alicyclic amines) is 1. The Kier molecular flexibility index (Phi) is 3.85. The van der Waals surface area contributed by atoms with Crippen LogP contribution in [0.4, 0.5) is 13.6 Å². The summed E-state index contributed by atoms with van der Waals surface area (Å²) in [5.41, 5.74) is 1.66. The second kappa shape index (κ2) is 5.46. The van der Waals surface area contributed by atoms with Crippen molar-refractivity contribution >= 4 is 6.09 Å². The molecule has 1 aromatic carbocycles. The zero-order valence-corrected chi connectivity index (χ0v) is 13.8. The van der Waals surface area contributed by atoms with Crippen molar-refractivity contribution in [2.45, 2.75) is 57.0 Å². The summed E-state index contributed by atoms with van der Waals surface area (Å²) in [5.74, 6) is -2.19. The molecule has 5 heteroatoms. The molecule has 2 fully saturated rings. The van der Waals surface area contributed by atoms with Gasteiger partial charge >= 0.3 is 6.09 Å². The average Bonchev–Trinajstić information content (AvgIpc) is 2.32. The number of ether oxygens (including phenoxy) is 1. The van der Waals surface area contributed by atoms with Gasteiger partial charge in [-0.15, -0.1) is 0 Å². The fourth-order valence-electron chi connectivity index (χ4n) is 3.10. The third-order valence-corrected chi connectivity index (χ3v) is 4.50. The highest BCUT2D eigenvalue weighted by atomic mass is 19.3. The van der Waals surface area contributed by atoms with Crippen LogP contribution in [0.15, 0.2) is 24.3 Å². The molecule has 1 heterocycles. The highest BCUT2D eigenvalue weighted by Gasteiger charge is 2.45. The fraction of sp³-hybridized carbons (Fsp3) is 0.611. The molecule has 1 amide bonds. The van der Waals surface area contributed by atoms with Crippen LogP contribution in [0, 0.1) is 0 Å². The van der Waals surface area contributed by atoms with E-state index in [2.05, 4.69) is 0 Å². The molecule has 1 aliphatic heterocycles. The Morgan fingerprint density at radius 3 is 2.00 bits per heavy atom. The lowest BCUT2D eigenvalue weighted by Crippen LogP contribution is -2.50. The van der Waals surface area contributed by atoms with E-state index in [9.17, 15) is 13.6 Å². The largest absolute Gasteiger partial charge is 0.444 e. The molecule has 23 heavy (non-hydrogen) atoms. The minimum absolute atomic E-state index is 0.0151. The van der Waals surface area contributed by atoms with Gasteiger partial charge in [-0.05, 0) is 37.8 Å². The van der Waals surface area contributed by atoms with Crippen molar-refractivity contribution < 1.29 is 18.3 Å². The summed E-state index contributed by atoms with van der Waals surface area (Å²) >= 11 is 0. The molecule has 1 saturated carbocycles. The van der Waals surface area contributed by atoms with Gasteiger partial charge in [0.25, 0.3) is 0 Å². The number of halogens is 2. The van der Waals surface area contributed by atoms with Crippen LogP contribution in [0.1, 0.15) is 56.6 Å². The van der Waals surface area contributed by atoms with Gasteiger partial charge in [0, 0.05) is 31.8 Å². The highest BCUT2D eigenvalue weighted by molar-refractivity contribution is 5.69. The quantitative estimate of drug-likeness (QED) is 0.800. The van der Waals surface area contributed by atoms with Crippen molar-refractivity contribution in [1.29, 1.82) is 0 Å². The Labute approximate surface area is 135 Å². The molecule has 1 aliphatic carbocycles. The number of nitrogens with zero attached hydrogens (tertiary/aromatic N) is 1. The van der Waals surface area contributed by atoms with Gasteiger partial charge in [0.05, 0.1) is 0 Å². The van der Waals surface area contributed by atoms with Crippen molar-refractivity contribution in [2.24, 2.45) is 0 Å². The van der Waals surface area contributed by atoms with Gasteiger partial charge in [0.1, 0.15) is 5.60 Å². The number of rotatable bonds is 2. The summed E-state index contributed by atoms with van der Waals surface area (Å²) < 4.78 is 31.2. The van der Waals surface area contributed by atoms with Gasteiger partial charge in [0.15, 0.2) is 0 Å². The Bertz CT molecular complexity index is 578. The van der Waals surface area contributed by atoms with E-state index >= 15 is 0 Å². The molecule has 126 valence electrons. The van der Waals surface area contributed by atoms with Gasteiger partial charge in [-0.25, -0.2) is 13.6 Å². The summed E-state index contributed by atoms with van der Waals surface area (Å²) in [4.78, 5) is 13.6. The number of benzene rings is 1. The first-order valence-corrected chi connectivity index (χ1v) is 8.09. The Hall–Kier alpha value is -1.65. The van der Waals surface area contributed by atoms with Crippen LogP contribution in [0.5, 0.6) is 0 Å². The third kappa shape index (κ3) is 3.65. The predicted molar refractivity (Wildman–Crippen MR) is 83.9 cm³/mol. The first-order valence-electron chi connectivity index (χ1n) is 8.09. The minimum atomic E-state index is -2.48. The van der Waals surface area contributed by atoms with Crippen LogP contribution >= 0.6 is 0 Å². The van der Waals surface area contributed by atoms with E-state index < -0.39 is 11.5 Å². The van der Waals surface area contributed by atoms with E-state index in [1.54, 1.807) is 4.90 Å². The number of amides is 1.